The quantitative estimate of drug-likeness (QED) is 0.674. The molecule has 0 atom stereocenters. The molecule has 96 valence electrons. The maximum absolute atomic E-state index is 11.6. The Morgan fingerprint density at radius 1 is 1.53 bits per heavy atom. The number of carbonyl (C=O) groups is 1. The second-order valence-electron chi connectivity index (χ2n) is 3.84. The molecule has 17 heavy (non-hydrogen) atoms. The number of rotatable bonds is 6. The predicted molar refractivity (Wildman–Crippen MR) is 62.4 cm³/mol. The number of hydrogen-bond donors (Lipinski definition) is 1. The Bertz CT molecular complexity index is 375. The number of nitrogens with two attached hydrogens (primary N) is 1. The lowest BCUT2D eigenvalue weighted by molar-refractivity contribution is 0.0518. The fourth-order valence-electron chi connectivity index (χ4n) is 1.37. The Balaban J connectivity index is 2.83. The van der Waals surface area contributed by atoms with Crippen LogP contribution in [0.15, 0.2) is 0 Å². The lowest BCUT2D eigenvalue weighted by Gasteiger charge is -2.10. The Morgan fingerprint density at radius 3 is 2.76 bits per heavy atom. The zero-order chi connectivity index (χ0) is 12.8. The Kier molecular flexibility index (Phi) is 5.05. The van der Waals surface area contributed by atoms with Gasteiger partial charge in [0.15, 0.2) is 5.69 Å². The topological polar surface area (TPSA) is 86.3 Å². The van der Waals surface area contributed by atoms with Crippen LogP contribution >= 0.6 is 0 Å². The lowest BCUT2D eigenvalue weighted by atomic mass is 10.3. The summed E-state index contributed by atoms with van der Waals surface area (Å²) in [6.45, 7) is 3.73. The molecule has 7 nitrogen and oxygen atoms in total. The largest absolute Gasteiger partial charge is 0.461 e. The van der Waals surface area contributed by atoms with E-state index in [0.29, 0.717) is 18.8 Å². The van der Waals surface area contributed by atoms with Crippen LogP contribution in [-0.2, 0) is 17.8 Å². The van der Waals surface area contributed by atoms with Gasteiger partial charge in [-0.2, -0.15) is 0 Å². The molecule has 0 bridgehead atoms. The van der Waals surface area contributed by atoms with E-state index in [9.17, 15) is 4.79 Å². The molecule has 0 aromatic carbocycles. The minimum Gasteiger partial charge on any atom is -0.461 e. The summed E-state index contributed by atoms with van der Waals surface area (Å²) in [6, 6.07) is 0. The van der Waals surface area contributed by atoms with Crippen molar-refractivity contribution >= 4 is 5.97 Å². The van der Waals surface area contributed by atoms with Crippen molar-refractivity contribution in [1.29, 1.82) is 0 Å². The zero-order valence-electron chi connectivity index (χ0n) is 10.5. The van der Waals surface area contributed by atoms with Gasteiger partial charge < -0.3 is 15.4 Å². The van der Waals surface area contributed by atoms with Gasteiger partial charge in [-0.15, -0.1) is 5.10 Å². The molecule has 0 unspecified atom stereocenters. The average molecular weight is 241 g/mol. The molecule has 0 aliphatic rings. The highest BCUT2D eigenvalue weighted by Gasteiger charge is 2.19. The summed E-state index contributed by atoms with van der Waals surface area (Å²) in [7, 11) is 3.93. The average Bonchev–Trinajstić information content (AvgIpc) is 2.69. The normalized spacial score (nSPS) is 10.9. The molecule has 0 saturated carbocycles. The van der Waals surface area contributed by atoms with Crippen LogP contribution in [0, 0.1) is 0 Å². The molecule has 7 heteroatoms. The van der Waals surface area contributed by atoms with Crippen LogP contribution in [0.3, 0.4) is 0 Å². The van der Waals surface area contributed by atoms with E-state index < -0.39 is 5.97 Å². The molecule has 2 N–H and O–H groups in total. The van der Waals surface area contributed by atoms with Gasteiger partial charge in [-0.25, -0.2) is 9.48 Å². The fourth-order valence-corrected chi connectivity index (χ4v) is 1.37. The van der Waals surface area contributed by atoms with Gasteiger partial charge in [-0.1, -0.05) is 5.21 Å². The second kappa shape index (κ2) is 6.31. The second-order valence-corrected chi connectivity index (χ2v) is 3.84. The number of aromatic nitrogens is 3. The van der Waals surface area contributed by atoms with Crippen molar-refractivity contribution in [2.24, 2.45) is 5.73 Å². The van der Waals surface area contributed by atoms with Crippen molar-refractivity contribution in [2.75, 3.05) is 27.2 Å². The Labute approximate surface area is 101 Å². The monoisotopic (exact) mass is 241 g/mol. The summed E-state index contributed by atoms with van der Waals surface area (Å²) in [5, 5.41) is 7.74. The van der Waals surface area contributed by atoms with Gasteiger partial charge in [0, 0.05) is 13.1 Å². The zero-order valence-corrected chi connectivity index (χ0v) is 10.5. The first-order valence-electron chi connectivity index (χ1n) is 5.54. The summed E-state index contributed by atoms with van der Waals surface area (Å²) < 4.78 is 6.53. The fraction of sp³-hybridized carbons (Fsp3) is 0.700. The molecular weight excluding hydrogens is 222 g/mol. The molecule has 1 aromatic rings. The highest BCUT2D eigenvalue weighted by molar-refractivity contribution is 5.88. The van der Waals surface area contributed by atoms with Crippen LogP contribution in [0.25, 0.3) is 0 Å². The molecule has 0 amide bonds. The molecule has 0 spiro atoms. The van der Waals surface area contributed by atoms with Crippen LogP contribution in [0.1, 0.15) is 23.1 Å². The maximum Gasteiger partial charge on any atom is 0.360 e. The van der Waals surface area contributed by atoms with Gasteiger partial charge in [-0.3, -0.25) is 0 Å². The number of ether oxygens (including phenoxy) is 1. The predicted octanol–water partition coefficient (Wildman–Crippen LogP) is -0.525. The van der Waals surface area contributed by atoms with Crippen molar-refractivity contribution in [3.8, 4) is 0 Å². The number of nitrogens with zero attached hydrogens (tertiary/aromatic N) is 4. The van der Waals surface area contributed by atoms with Crippen LogP contribution in [0.5, 0.6) is 0 Å². The van der Waals surface area contributed by atoms with Crippen LogP contribution in [0.2, 0.25) is 0 Å². The van der Waals surface area contributed by atoms with Crippen molar-refractivity contribution in [3.63, 3.8) is 0 Å². The first kappa shape index (κ1) is 13.6. The van der Waals surface area contributed by atoms with Crippen molar-refractivity contribution in [2.45, 2.75) is 20.0 Å². The van der Waals surface area contributed by atoms with Crippen molar-refractivity contribution < 1.29 is 9.53 Å². The third-order valence-corrected chi connectivity index (χ3v) is 2.26. The van der Waals surface area contributed by atoms with E-state index in [1.807, 2.05) is 19.0 Å². The summed E-state index contributed by atoms with van der Waals surface area (Å²) in [6.07, 6.45) is 0. The number of carbonyl (C=O) groups excluding carboxylic acids is 1. The highest BCUT2D eigenvalue weighted by Crippen LogP contribution is 2.06. The van der Waals surface area contributed by atoms with Crippen LogP contribution in [0.4, 0.5) is 0 Å². The van der Waals surface area contributed by atoms with E-state index in [1.54, 1.807) is 11.6 Å². The van der Waals surface area contributed by atoms with Gasteiger partial charge in [0.25, 0.3) is 0 Å². The van der Waals surface area contributed by atoms with Crippen LogP contribution in [-0.4, -0.2) is 53.1 Å². The van der Waals surface area contributed by atoms with Crippen molar-refractivity contribution in [1.82, 2.24) is 19.9 Å². The first-order valence-corrected chi connectivity index (χ1v) is 5.54. The van der Waals surface area contributed by atoms with Crippen molar-refractivity contribution in [3.05, 3.63) is 11.4 Å². The summed E-state index contributed by atoms with van der Waals surface area (Å²) in [4.78, 5) is 13.6. The third-order valence-electron chi connectivity index (χ3n) is 2.26. The Hall–Kier alpha value is -1.47. The molecular formula is C10H19N5O2. The van der Waals surface area contributed by atoms with Gasteiger partial charge in [0.2, 0.25) is 0 Å². The molecule has 0 radical (unpaired) electrons. The van der Waals surface area contributed by atoms with E-state index in [-0.39, 0.29) is 12.2 Å². The third kappa shape index (κ3) is 3.50. The summed E-state index contributed by atoms with van der Waals surface area (Å²) in [5.41, 5.74) is 6.45. The molecule has 1 rings (SSSR count). The standard InChI is InChI=1S/C10H19N5O2/c1-4-17-10(16)9-8(7-11)15(13-12-9)6-5-14(2)3/h4-7,11H2,1-3H3. The van der Waals surface area contributed by atoms with Gasteiger partial charge in [-0.05, 0) is 21.0 Å². The molecule has 0 fully saturated rings. The first-order chi connectivity index (χ1) is 8.10. The maximum atomic E-state index is 11.6. The molecule has 0 saturated heterocycles. The van der Waals surface area contributed by atoms with E-state index in [0.717, 1.165) is 6.54 Å². The van der Waals surface area contributed by atoms with E-state index >= 15 is 0 Å². The number of esters is 1. The smallest absolute Gasteiger partial charge is 0.360 e. The molecule has 1 aromatic heterocycles. The van der Waals surface area contributed by atoms with Gasteiger partial charge in [0.05, 0.1) is 18.8 Å². The number of hydrogen-bond acceptors (Lipinski definition) is 6. The lowest BCUT2D eigenvalue weighted by Crippen LogP contribution is -2.21. The minimum absolute atomic E-state index is 0.216. The minimum atomic E-state index is -0.468. The van der Waals surface area contributed by atoms with Crippen LogP contribution < -0.4 is 5.73 Å². The van der Waals surface area contributed by atoms with E-state index in [4.69, 9.17) is 10.5 Å². The Morgan fingerprint density at radius 2 is 2.24 bits per heavy atom. The molecule has 0 aliphatic heterocycles. The molecule has 1 heterocycles. The summed E-state index contributed by atoms with van der Waals surface area (Å²) >= 11 is 0. The molecule has 0 aliphatic carbocycles. The number of likely N-dealkylation sites (N-methyl/N-ethyl adjacent to an activating group) is 1. The highest BCUT2D eigenvalue weighted by atomic mass is 16.5. The van der Waals surface area contributed by atoms with E-state index in [2.05, 4.69) is 10.3 Å². The SMILES string of the molecule is CCOC(=O)c1nnn(CCN(C)C)c1CN. The summed E-state index contributed by atoms with van der Waals surface area (Å²) in [5.74, 6) is -0.468. The van der Waals surface area contributed by atoms with Gasteiger partial charge >= 0.3 is 5.97 Å². The van der Waals surface area contributed by atoms with E-state index in [1.165, 1.54) is 0 Å². The van der Waals surface area contributed by atoms with Gasteiger partial charge in [0.1, 0.15) is 0 Å².